The molecule has 0 aliphatic carbocycles. The van der Waals surface area contributed by atoms with Gasteiger partial charge in [-0.15, -0.1) is 11.3 Å². The summed E-state index contributed by atoms with van der Waals surface area (Å²) < 4.78 is 11.3. The Morgan fingerprint density at radius 1 is 0.533 bits per heavy atom. The third kappa shape index (κ3) is 3.53. The van der Waals surface area contributed by atoms with Gasteiger partial charge in [-0.3, -0.25) is 0 Å². The largest absolute Gasteiger partial charge is 0.452 e. The zero-order valence-corrected chi connectivity index (χ0v) is 24.8. The molecule has 0 saturated carbocycles. The zero-order valence-electron chi connectivity index (χ0n) is 23.9. The summed E-state index contributed by atoms with van der Waals surface area (Å²) in [4.78, 5) is 10.7. The van der Waals surface area contributed by atoms with Crippen molar-refractivity contribution < 1.29 is 4.42 Å². The molecule has 0 fully saturated rings. The molecule has 0 N–H and O–H groups in total. The van der Waals surface area contributed by atoms with E-state index in [4.69, 9.17) is 14.4 Å². The summed E-state index contributed by atoms with van der Waals surface area (Å²) in [6.07, 6.45) is 0. The average molecular weight is 594 g/mol. The molecule has 6 aromatic carbocycles. The number of furan rings is 1. The van der Waals surface area contributed by atoms with Crippen LogP contribution in [0.25, 0.3) is 92.4 Å². The third-order valence-corrected chi connectivity index (χ3v) is 10.1. The Balaban J connectivity index is 1.33. The van der Waals surface area contributed by atoms with E-state index < -0.39 is 0 Å². The van der Waals surface area contributed by atoms with Gasteiger partial charge >= 0.3 is 0 Å². The third-order valence-electron chi connectivity index (χ3n) is 8.83. The SMILES string of the molecule is c1ccc(-n2c3ccccc3c3c(-c4nc(-c5cccc6c5sc5ccccc56)c5oc6ccccc6c5n4)cccc32)cc1. The van der Waals surface area contributed by atoms with Crippen LogP contribution in [0.15, 0.2) is 144 Å². The maximum absolute atomic E-state index is 6.55. The van der Waals surface area contributed by atoms with E-state index in [1.807, 2.05) is 18.2 Å². The maximum Gasteiger partial charge on any atom is 0.180 e. The Labute approximate surface area is 261 Å². The van der Waals surface area contributed by atoms with Gasteiger partial charge < -0.3 is 8.98 Å². The standard InChI is InChI=1S/C40H23N3OS/c1-2-12-24(13-3-1)43-31-20-7-4-15-27(31)35-29(18-11-21-32(35)43)40-41-36-28-16-5-8-22-33(28)44-38(36)37(42-40)30-19-10-17-26-25-14-6-9-23-34(25)45-39(26)30/h1-23H. The lowest BCUT2D eigenvalue weighted by Gasteiger charge is -2.10. The second-order valence-electron chi connectivity index (χ2n) is 11.3. The molecule has 0 amide bonds. The van der Waals surface area contributed by atoms with E-state index >= 15 is 0 Å². The molecule has 10 aromatic rings. The van der Waals surface area contributed by atoms with Crippen LogP contribution in [0.4, 0.5) is 0 Å². The highest BCUT2D eigenvalue weighted by Gasteiger charge is 2.23. The molecule has 0 aliphatic heterocycles. The summed E-state index contributed by atoms with van der Waals surface area (Å²) >= 11 is 1.80. The second-order valence-corrected chi connectivity index (χ2v) is 12.4. The molecule has 0 unspecified atom stereocenters. The molecule has 0 bridgehead atoms. The first-order valence-corrected chi connectivity index (χ1v) is 15.8. The highest BCUT2D eigenvalue weighted by molar-refractivity contribution is 7.26. The molecule has 45 heavy (non-hydrogen) atoms. The fraction of sp³-hybridized carbons (Fsp3) is 0. The van der Waals surface area contributed by atoms with Crippen LogP contribution >= 0.6 is 11.3 Å². The predicted molar refractivity (Wildman–Crippen MR) is 187 cm³/mol. The minimum Gasteiger partial charge on any atom is -0.452 e. The van der Waals surface area contributed by atoms with Gasteiger partial charge in [0.15, 0.2) is 11.4 Å². The Bertz CT molecular complexity index is 2770. The number of aromatic nitrogens is 3. The van der Waals surface area contributed by atoms with E-state index in [9.17, 15) is 0 Å². The summed E-state index contributed by atoms with van der Waals surface area (Å²) in [6, 6.07) is 48.8. The van der Waals surface area contributed by atoms with Gasteiger partial charge in [0.1, 0.15) is 16.8 Å². The maximum atomic E-state index is 6.55. The monoisotopic (exact) mass is 593 g/mol. The van der Waals surface area contributed by atoms with Gasteiger partial charge in [0.25, 0.3) is 0 Å². The van der Waals surface area contributed by atoms with E-state index in [1.165, 1.54) is 25.6 Å². The van der Waals surface area contributed by atoms with Crippen LogP contribution in [-0.2, 0) is 0 Å². The summed E-state index contributed by atoms with van der Waals surface area (Å²) in [7, 11) is 0. The first-order valence-electron chi connectivity index (χ1n) is 15.0. The van der Waals surface area contributed by atoms with Gasteiger partial charge in [0, 0.05) is 53.1 Å². The Morgan fingerprint density at radius 3 is 2.13 bits per heavy atom. The van der Waals surface area contributed by atoms with Gasteiger partial charge in [-0.25, -0.2) is 9.97 Å². The molecular formula is C40H23N3OS. The van der Waals surface area contributed by atoms with Crippen molar-refractivity contribution >= 4 is 75.4 Å². The minimum absolute atomic E-state index is 0.684. The number of fused-ring (bicyclic) bond motifs is 9. The van der Waals surface area contributed by atoms with Crippen molar-refractivity contribution in [1.29, 1.82) is 0 Å². The van der Waals surface area contributed by atoms with E-state index in [0.717, 1.165) is 55.4 Å². The van der Waals surface area contributed by atoms with E-state index in [0.29, 0.717) is 11.4 Å². The summed E-state index contributed by atoms with van der Waals surface area (Å²) in [5, 5.41) is 5.77. The minimum atomic E-state index is 0.684. The molecule has 0 atom stereocenters. The van der Waals surface area contributed by atoms with Crippen LogP contribution in [0.5, 0.6) is 0 Å². The lowest BCUT2D eigenvalue weighted by molar-refractivity contribution is 0.667. The smallest absolute Gasteiger partial charge is 0.180 e. The van der Waals surface area contributed by atoms with Gasteiger partial charge in [-0.2, -0.15) is 0 Å². The molecule has 4 aromatic heterocycles. The number of hydrogen-bond acceptors (Lipinski definition) is 4. The van der Waals surface area contributed by atoms with Gasteiger partial charge in [0.05, 0.1) is 11.0 Å². The molecule has 4 nitrogen and oxygen atoms in total. The molecule has 4 heterocycles. The highest BCUT2D eigenvalue weighted by Crippen LogP contribution is 2.44. The molecule has 0 saturated heterocycles. The van der Waals surface area contributed by atoms with E-state index in [-0.39, 0.29) is 0 Å². The molecular weight excluding hydrogens is 571 g/mol. The molecule has 10 rings (SSSR count). The fourth-order valence-corrected chi connectivity index (χ4v) is 8.11. The lowest BCUT2D eigenvalue weighted by atomic mass is 10.0. The molecule has 5 heteroatoms. The predicted octanol–water partition coefficient (Wildman–Crippen LogP) is 11.2. The van der Waals surface area contributed by atoms with Gasteiger partial charge in [0.2, 0.25) is 0 Å². The zero-order chi connectivity index (χ0) is 29.5. The number of hydrogen-bond donors (Lipinski definition) is 0. The Kier molecular flexibility index (Phi) is 5.12. The normalized spacial score (nSPS) is 12.0. The number of benzene rings is 6. The number of nitrogens with zero attached hydrogens (tertiary/aromatic N) is 3. The summed E-state index contributed by atoms with van der Waals surface area (Å²) in [5.74, 6) is 0.684. The van der Waals surface area contributed by atoms with Crippen LogP contribution in [-0.4, -0.2) is 14.5 Å². The topological polar surface area (TPSA) is 43.9 Å². The fourth-order valence-electron chi connectivity index (χ4n) is 6.89. The Hall–Kier alpha value is -5.78. The van der Waals surface area contributed by atoms with E-state index in [2.05, 4.69) is 126 Å². The second kappa shape index (κ2) is 9.36. The van der Waals surface area contributed by atoms with Crippen LogP contribution in [0.1, 0.15) is 0 Å². The van der Waals surface area contributed by atoms with Crippen molar-refractivity contribution in [3.05, 3.63) is 140 Å². The average Bonchev–Trinajstić information content (AvgIpc) is 3.78. The van der Waals surface area contributed by atoms with E-state index in [1.54, 1.807) is 11.3 Å². The van der Waals surface area contributed by atoms with Crippen molar-refractivity contribution in [1.82, 2.24) is 14.5 Å². The van der Waals surface area contributed by atoms with Crippen LogP contribution in [0.3, 0.4) is 0 Å². The van der Waals surface area contributed by atoms with Gasteiger partial charge in [-0.05, 0) is 42.5 Å². The Morgan fingerprint density at radius 2 is 1.22 bits per heavy atom. The highest BCUT2D eigenvalue weighted by atomic mass is 32.1. The number of rotatable bonds is 3. The van der Waals surface area contributed by atoms with Crippen molar-refractivity contribution in [2.24, 2.45) is 0 Å². The van der Waals surface area contributed by atoms with Crippen molar-refractivity contribution in [3.8, 4) is 28.3 Å². The first-order chi connectivity index (χ1) is 22.3. The molecule has 0 radical (unpaired) electrons. The van der Waals surface area contributed by atoms with Crippen LogP contribution < -0.4 is 0 Å². The van der Waals surface area contributed by atoms with Crippen molar-refractivity contribution in [2.75, 3.05) is 0 Å². The number of para-hydroxylation sites is 3. The van der Waals surface area contributed by atoms with Crippen molar-refractivity contribution in [3.63, 3.8) is 0 Å². The lowest BCUT2D eigenvalue weighted by Crippen LogP contribution is -1.95. The first kappa shape index (κ1) is 24.6. The summed E-state index contributed by atoms with van der Waals surface area (Å²) in [5.41, 5.74) is 8.60. The molecule has 210 valence electrons. The van der Waals surface area contributed by atoms with Crippen LogP contribution in [0, 0.1) is 0 Å². The van der Waals surface area contributed by atoms with Crippen LogP contribution in [0.2, 0.25) is 0 Å². The quantitative estimate of drug-likeness (QED) is 0.205. The van der Waals surface area contributed by atoms with Crippen molar-refractivity contribution in [2.45, 2.75) is 0 Å². The molecule has 0 spiro atoms. The summed E-state index contributed by atoms with van der Waals surface area (Å²) in [6.45, 7) is 0. The molecule has 0 aliphatic rings. The number of thiophene rings is 1. The van der Waals surface area contributed by atoms with Gasteiger partial charge in [-0.1, -0.05) is 97.1 Å².